The molecular weight excluding hydrogens is 306 g/mol. The molecule has 0 radical (unpaired) electrons. The van der Waals surface area contributed by atoms with Crippen LogP contribution in [0.3, 0.4) is 0 Å². The zero-order valence-corrected chi connectivity index (χ0v) is 14.6. The molecule has 0 heterocycles. The van der Waals surface area contributed by atoms with Crippen LogP contribution in [0.25, 0.3) is 0 Å². The van der Waals surface area contributed by atoms with E-state index in [9.17, 15) is 14.4 Å². The minimum Gasteiger partial charge on any atom is -0.480 e. The topological polar surface area (TPSA) is 118 Å². The highest BCUT2D eigenvalue weighted by molar-refractivity contribution is 5.99. The standard InChI is InChI=1S/C14H25N3O6/c1-13(2,3)22-11(20)15-10(17(7)8-9(18)19)16-12(21)23-14(4,5)6/h8H2,1-7H3,(H,18,19)(H,15,16,20,21). The van der Waals surface area contributed by atoms with Gasteiger partial charge in [0, 0.05) is 7.05 Å². The van der Waals surface area contributed by atoms with Gasteiger partial charge in [0.15, 0.2) is 0 Å². The summed E-state index contributed by atoms with van der Waals surface area (Å²) in [5.41, 5.74) is -1.53. The van der Waals surface area contributed by atoms with Crippen LogP contribution in [0, 0.1) is 0 Å². The van der Waals surface area contributed by atoms with Gasteiger partial charge >= 0.3 is 18.2 Å². The van der Waals surface area contributed by atoms with Gasteiger partial charge in [-0.1, -0.05) is 0 Å². The van der Waals surface area contributed by atoms with E-state index >= 15 is 0 Å². The second-order valence-electron chi connectivity index (χ2n) is 6.79. The molecule has 0 saturated heterocycles. The summed E-state index contributed by atoms with van der Waals surface area (Å²) >= 11 is 0. The van der Waals surface area contributed by atoms with Crippen LogP contribution in [0.15, 0.2) is 4.99 Å². The summed E-state index contributed by atoms with van der Waals surface area (Å²) in [4.78, 5) is 39.0. The van der Waals surface area contributed by atoms with E-state index in [-0.39, 0.29) is 5.96 Å². The molecule has 132 valence electrons. The van der Waals surface area contributed by atoms with Crippen molar-refractivity contribution in [3.8, 4) is 0 Å². The molecule has 0 aliphatic carbocycles. The van der Waals surface area contributed by atoms with Gasteiger partial charge in [0.05, 0.1) is 0 Å². The number of nitrogens with zero attached hydrogens (tertiary/aromatic N) is 2. The van der Waals surface area contributed by atoms with Crippen molar-refractivity contribution < 1.29 is 29.0 Å². The molecule has 9 heteroatoms. The van der Waals surface area contributed by atoms with Crippen molar-refractivity contribution in [2.24, 2.45) is 4.99 Å². The number of hydrogen-bond donors (Lipinski definition) is 2. The number of nitrogens with one attached hydrogen (secondary N) is 1. The van der Waals surface area contributed by atoms with Crippen LogP contribution in [0.2, 0.25) is 0 Å². The maximum absolute atomic E-state index is 11.8. The van der Waals surface area contributed by atoms with Crippen molar-refractivity contribution in [1.82, 2.24) is 10.2 Å². The van der Waals surface area contributed by atoms with Crippen molar-refractivity contribution >= 4 is 24.1 Å². The first-order valence-electron chi connectivity index (χ1n) is 6.94. The summed E-state index contributed by atoms with van der Waals surface area (Å²) in [6.07, 6.45) is -1.82. The molecule has 23 heavy (non-hydrogen) atoms. The van der Waals surface area contributed by atoms with Gasteiger partial charge in [-0.15, -0.1) is 4.99 Å². The van der Waals surface area contributed by atoms with Crippen molar-refractivity contribution in [2.75, 3.05) is 13.6 Å². The highest BCUT2D eigenvalue weighted by Gasteiger charge is 2.22. The van der Waals surface area contributed by atoms with Crippen LogP contribution in [-0.4, -0.2) is 58.9 Å². The maximum Gasteiger partial charge on any atom is 0.437 e. The van der Waals surface area contributed by atoms with Crippen LogP contribution >= 0.6 is 0 Å². The van der Waals surface area contributed by atoms with E-state index in [0.29, 0.717) is 0 Å². The summed E-state index contributed by atoms with van der Waals surface area (Å²) < 4.78 is 10.1. The van der Waals surface area contributed by atoms with Crippen LogP contribution in [0.5, 0.6) is 0 Å². The molecule has 0 aliphatic rings. The SMILES string of the molecule is CN(CC(=O)O)/C(=N\C(=O)OC(C)(C)C)NC(=O)OC(C)(C)C. The predicted octanol–water partition coefficient (Wildman–Crippen LogP) is 1.82. The Kier molecular flexibility index (Phi) is 7.01. The number of rotatable bonds is 2. The second kappa shape index (κ2) is 7.80. The number of amides is 2. The third kappa shape index (κ3) is 11.0. The molecule has 0 unspecified atom stereocenters. The average Bonchev–Trinajstić information content (AvgIpc) is 2.21. The molecule has 0 aromatic carbocycles. The Morgan fingerprint density at radius 2 is 1.52 bits per heavy atom. The number of ether oxygens (including phenoxy) is 2. The lowest BCUT2D eigenvalue weighted by molar-refractivity contribution is -0.137. The highest BCUT2D eigenvalue weighted by Crippen LogP contribution is 2.09. The Labute approximate surface area is 135 Å². The summed E-state index contributed by atoms with van der Waals surface area (Å²) in [7, 11) is 1.36. The molecular formula is C14H25N3O6. The van der Waals surface area contributed by atoms with E-state index in [1.807, 2.05) is 0 Å². The molecule has 2 amide bonds. The normalized spacial score (nSPS) is 12.4. The van der Waals surface area contributed by atoms with Gasteiger partial charge in [0.1, 0.15) is 17.7 Å². The molecule has 0 aliphatic heterocycles. The number of hydrogen-bond acceptors (Lipinski definition) is 5. The molecule has 0 fully saturated rings. The van der Waals surface area contributed by atoms with Crippen LogP contribution in [0.1, 0.15) is 41.5 Å². The number of likely N-dealkylation sites (N-methyl/N-ethyl adjacent to an activating group) is 1. The Balaban J connectivity index is 5.19. The van der Waals surface area contributed by atoms with Crippen molar-refractivity contribution in [2.45, 2.75) is 52.7 Å². The lowest BCUT2D eigenvalue weighted by atomic mass is 10.2. The summed E-state index contributed by atoms with van der Waals surface area (Å²) in [5, 5.41) is 11.1. The number of aliphatic carboxylic acids is 1. The van der Waals surface area contributed by atoms with E-state index in [4.69, 9.17) is 14.6 Å². The Bertz CT molecular complexity index is 488. The minimum absolute atomic E-state index is 0.282. The molecule has 0 bridgehead atoms. The van der Waals surface area contributed by atoms with E-state index in [0.717, 1.165) is 4.90 Å². The molecule has 0 spiro atoms. The zero-order chi connectivity index (χ0) is 18.4. The number of aliphatic imine (C=N–C) groups is 1. The van der Waals surface area contributed by atoms with E-state index in [1.165, 1.54) is 7.05 Å². The predicted molar refractivity (Wildman–Crippen MR) is 83.3 cm³/mol. The molecule has 0 atom stereocenters. The van der Waals surface area contributed by atoms with Gasteiger partial charge < -0.3 is 19.5 Å². The number of carboxylic acid groups (broad SMARTS) is 1. The first-order valence-corrected chi connectivity index (χ1v) is 6.94. The third-order valence-electron chi connectivity index (χ3n) is 1.94. The van der Waals surface area contributed by atoms with E-state index < -0.39 is 35.9 Å². The first-order chi connectivity index (χ1) is 10.2. The molecule has 0 aromatic rings. The fourth-order valence-corrected chi connectivity index (χ4v) is 1.25. The average molecular weight is 331 g/mol. The first kappa shape index (κ1) is 20.7. The zero-order valence-electron chi connectivity index (χ0n) is 14.6. The molecule has 9 nitrogen and oxygen atoms in total. The largest absolute Gasteiger partial charge is 0.480 e. The smallest absolute Gasteiger partial charge is 0.437 e. The Morgan fingerprint density at radius 3 is 1.91 bits per heavy atom. The van der Waals surface area contributed by atoms with Gasteiger partial charge in [-0.05, 0) is 41.5 Å². The minimum atomic E-state index is -1.16. The number of alkyl carbamates (subject to hydrolysis) is 1. The van der Waals surface area contributed by atoms with Crippen molar-refractivity contribution in [3.63, 3.8) is 0 Å². The van der Waals surface area contributed by atoms with Gasteiger partial charge in [-0.3, -0.25) is 10.1 Å². The Morgan fingerprint density at radius 1 is 1.04 bits per heavy atom. The number of guanidine groups is 1. The van der Waals surface area contributed by atoms with Gasteiger partial charge in [-0.2, -0.15) is 0 Å². The quantitative estimate of drug-likeness (QED) is 0.585. The van der Waals surface area contributed by atoms with Crippen LogP contribution < -0.4 is 5.32 Å². The monoisotopic (exact) mass is 331 g/mol. The van der Waals surface area contributed by atoms with Crippen molar-refractivity contribution in [3.05, 3.63) is 0 Å². The third-order valence-corrected chi connectivity index (χ3v) is 1.94. The molecule has 0 rings (SSSR count). The van der Waals surface area contributed by atoms with Gasteiger partial charge in [0.25, 0.3) is 0 Å². The van der Waals surface area contributed by atoms with E-state index in [2.05, 4.69) is 10.3 Å². The fraction of sp³-hybridized carbons (Fsp3) is 0.714. The van der Waals surface area contributed by atoms with Crippen molar-refractivity contribution in [1.29, 1.82) is 0 Å². The summed E-state index contributed by atoms with van der Waals surface area (Å²) in [6, 6.07) is 0. The maximum atomic E-state index is 11.8. The Hall–Kier alpha value is -2.32. The molecule has 0 saturated carbocycles. The van der Waals surface area contributed by atoms with E-state index in [1.54, 1.807) is 41.5 Å². The van der Waals surface area contributed by atoms with Gasteiger partial charge in [-0.25, -0.2) is 9.59 Å². The highest BCUT2D eigenvalue weighted by atomic mass is 16.6. The summed E-state index contributed by atoms with van der Waals surface area (Å²) in [6.45, 7) is 9.49. The lowest BCUT2D eigenvalue weighted by Gasteiger charge is -2.23. The number of carbonyl (C=O) groups is 3. The van der Waals surface area contributed by atoms with Crippen LogP contribution in [0.4, 0.5) is 9.59 Å². The van der Waals surface area contributed by atoms with Gasteiger partial charge in [0.2, 0.25) is 5.96 Å². The number of carboxylic acids is 1. The van der Waals surface area contributed by atoms with Crippen LogP contribution in [-0.2, 0) is 14.3 Å². The number of carbonyl (C=O) groups excluding carboxylic acids is 2. The lowest BCUT2D eigenvalue weighted by Crippen LogP contribution is -2.46. The molecule has 2 N–H and O–H groups in total. The molecule has 0 aromatic heterocycles. The second-order valence-corrected chi connectivity index (χ2v) is 6.79. The fourth-order valence-electron chi connectivity index (χ4n) is 1.25. The summed E-state index contributed by atoms with van der Waals surface area (Å²) in [5.74, 6) is -1.44.